The van der Waals surface area contributed by atoms with E-state index in [1.165, 1.54) is 0 Å². The minimum atomic E-state index is -0.0579. The molecule has 1 N–H and O–H groups in total. The van der Waals surface area contributed by atoms with E-state index in [1.807, 2.05) is 13.0 Å². The van der Waals surface area contributed by atoms with E-state index in [9.17, 15) is 4.79 Å². The van der Waals surface area contributed by atoms with E-state index in [4.69, 9.17) is 0 Å². The molecular formula is C10H11BrN2O. The maximum atomic E-state index is 11.6. The van der Waals surface area contributed by atoms with Gasteiger partial charge in [-0.05, 0) is 47.3 Å². The topological polar surface area (TPSA) is 42.0 Å². The van der Waals surface area contributed by atoms with Crippen LogP contribution in [0.1, 0.15) is 28.9 Å². The number of aromatic nitrogens is 1. The first-order chi connectivity index (χ1) is 6.66. The molecule has 1 saturated carbocycles. The molecule has 0 radical (unpaired) electrons. The van der Waals surface area contributed by atoms with Gasteiger partial charge in [-0.2, -0.15) is 0 Å². The van der Waals surface area contributed by atoms with Crippen molar-refractivity contribution in [3.63, 3.8) is 0 Å². The summed E-state index contributed by atoms with van der Waals surface area (Å²) in [5, 5.41) is 2.91. The van der Waals surface area contributed by atoms with Crippen molar-refractivity contribution in [2.24, 2.45) is 0 Å². The molecule has 0 spiro atoms. The Morgan fingerprint density at radius 2 is 2.36 bits per heavy atom. The second kappa shape index (κ2) is 3.69. The van der Waals surface area contributed by atoms with Crippen molar-refractivity contribution in [2.45, 2.75) is 25.8 Å². The summed E-state index contributed by atoms with van der Waals surface area (Å²) in [5.41, 5.74) is 1.43. The van der Waals surface area contributed by atoms with Crippen molar-refractivity contribution in [3.8, 4) is 0 Å². The molecule has 1 aliphatic carbocycles. The molecule has 4 heteroatoms. The first-order valence-corrected chi connectivity index (χ1v) is 5.39. The number of rotatable bonds is 2. The molecule has 1 fully saturated rings. The highest BCUT2D eigenvalue weighted by Gasteiger charge is 2.24. The SMILES string of the molecule is Cc1cc(Br)cnc1C(=O)NC1CC1. The molecule has 1 aliphatic rings. The zero-order valence-electron chi connectivity index (χ0n) is 7.88. The Labute approximate surface area is 91.0 Å². The van der Waals surface area contributed by atoms with E-state index in [0.29, 0.717) is 11.7 Å². The van der Waals surface area contributed by atoms with Gasteiger partial charge in [0.2, 0.25) is 0 Å². The summed E-state index contributed by atoms with van der Waals surface area (Å²) < 4.78 is 0.901. The molecule has 0 saturated heterocycles. The quantitative estimate of drug-likeness (QED) is 0.878. The fraction of sp³-hybridized carbons (Fsp3) is 0.400. The van der Waals surface area contributed by atoms with Crippen LogP contribution in [-0.4, -0.2) is 16.9 Å². The van der Waals surface area contributed by atoms with Crippen LogP contribution >= 0.6 is 15.9 Å². The molecule has 0 bridgehead atoms. The third kappa shape index (κ3) is 2.12. The fourth-order valence-electron chi connectivity index (χ4n) is 1.26. The highest BCUT2D eigenvalue weighted by atomic mass is 79.9. The Hall–Kier alpha value is -0.900. The standard InChI is InChI=1S/C10H11BrN2O/c1-6-4-7(11)5-12-9(6)10(14)13-8-2-3-8/h4-5,8H,2-3H2,1H3,(H,13,14). The van der Waals surface area contributed by atoms with Gasteiger partial charge in [-0.15, -0.1) is 0 Å². The van der Waals surface area contributed by atoms with E-state index in [0.717, 1.165) is 22.9 Å². The first kappa shape index (κ1) is 9.65. The minimum Gasteiger partial charge on any atom is -0.348 e. The lowest BCUT2D eigenvalue weighted by Crippen LogP contribution is -2.27. The summed E-state index contributed by atoms with van der Waals surface area (Å²) in [4.78, 5) is 15.7. The van der Waals surface area contributed by atoms with Crippen LogP contribution in [0.15, 0.2) is 16.7 Å². The second-order valence-corrected chi connectivity index (χ2v) is 4.48. The Morgan fingerprint density at radius 3 is 2.93 bits per heavy atom. The summed E-state index contributed by atoms with van der Waals surface area (Å²) in [6.45, 7) is 1.89. The van der Waals surface area contributed by atoms with Gasteiger partial charge in [0, 0.05) is 16.7 Å². The summed E-state index contributed by atoms with van der Waals surface area (Å²) in [7, 11) is 0. The number of nitrogens with zero attached hydrogens (tertiary/aromatic N) is 1. The lowest BCUT2D eigenvalue weighted by Gasteiger charge is -2.05. The summed E-state index contributed by atoms with van der Waals surface area (Å²) in [6, 6.07) is 2.28. The number of hydrogen-bond donors (Lipinski definition) is 1. The Bertz CT molecular complexity index is 374. The van der Waals surface area contributed by atoms with Crippen molar-refractivity contribution >= 4 is 21.8 Å². The average Bonchev–Trinajstić information content (AvgIpc) is 2.87. The van der Waals surface area contributed by atoms with Crippen LogP contribution in [0.4, 0.5) is 0 Å². The highest BCUT2D eigenvalue weighted by molar-refractivity contribution is 9.10. The number of amides is 1. The van der Waals surface area contributed by atoms with Crippen LogP contribution in [0.25, 0.3) is 0 Å². The number of carbonyl (C=O) groups excluding carboxylic acids is 1. The van der Waals surface area contributed by atoms with Gasteiger partial charge < -0.3 is 5.32 Å². The van der Waals surface area contributed by atoms with Gasteiger partial charge >= 0.3 is 0 Å². The van der Waals surface area contributed by atoms with E-state index in [1.54, 1.807) is 6.20 Å². The Balaban J connectivity index is 2.17. The van der Waals surface area contributed by atoms with Crippen LogP contribution in [0.3, 0.4) is 0 Å². The zero-order valence-corrected chi connectivity index (χ0v) is 9.47. The van der Waals surface area contributed by atoms with Crippen LogP contribution in [0.5, 0.6) is 0 Å². The third-order valence-corrected chi connectivity index (χ3v) is 2.61. The van der Waals surface area contributed by atoms with Gasteiger partial charge in [0.25, 0.3) is 5.91 Å². The summed E-state index contributed by atoms with van der Waals surface area (Å²) >= 11 is 3.31. The van der Waals surface area contributed by atoms with Crippen molar-refractivity contribution < 1.29 is 4.79 Å². The number of hydrogen-bond acceptors (Lipinski definition) is 2. The second-order valence-electron chi connectivity index (χ2n) is 3.57. The number of aryl methyl sites for hydroxylation is 1. The highest BCUT2D eigenvalue weighted by Crippen LogP contribution is 2.20. The monoisotopic (exact) mass is 254 g/mol. The normalized spacial score (nSPS) is 15.3. The molecule has 2 rings (SSSR count). The Kier molecular flexibility index (Phi) is 2.54. The molecule has 1 amide bonds. The molecule has 0 aromatic carbocycles. The number of halogens is 1. The smallest absolute Gasteiger partial charge is 0.270 e. The lowest BCUT2D eigenvalue weighted by atomic mass is 10.2. The maximum Gasteiger partial charge on any atom is 0.270 e. The van der Waals surface area contributed by atoms with Crippen molar-refractivity contribution in [2.75, 3.05) is 0 Å². The minimum absolute atomic E-state index is 0.0579. The molecule has 0 aliphatic heterocycles. The zero-order chi connectivity index (χ0) is 10.1. The van der Waals surface area contributed by atoms with E-state index in [2.05, 4.69) is 26.2 Å². The predicted molar refractivity (Wildman–Crippen MR) is 57.2 cm³/mol. The molecule has 74 valence electrons. The third-order valence-electron chi connectivity index (χ3n) is 2.17. The summed E-state index contributed by atoms with van der Waals surface area (Å²) in [5.74, 6) is -0.0579. The van der Waals surface area contributed by atoms with Crippen LogP contribution in [-0.2, 0) is 0 Å². The predicted octanol–water partition coefficient (Wildman–Crippen LogP) is 2.04. The molecule has 14 heavy (non-hydrogen) atoms. The number of carbonyl (C=O) groups is 1. The molecule has 1 heterocycles. The number of pyridine rings is 1. The lowest BCUT2D eigenvalue weighted by molar-refractivity contribution is 0.0945. The van der Waals surface area contributed by atoms with Crippen LogP contribution in [0.2, 0.25) is 0 Å². The average molecular weight is 255 g/mol. The number of nitrogens with one attached hydrogen (secondary N) is 1. The van der Waals surface area contributed by atoms with Gasteiger partial charge in [-0.25, -0.2) is 4.98 Å². The first-order valence-electron chi connectivity index (χ1n) is 4.60. The van der Waals surface area contributed by atoms with E-state index in [-0.39, 0.29) is 5.91 Å². The van der Waals surface area contributed by atoms with Crippen molar-refractivity contribution in [3.05, 3.63) is 28.0 Å². The Morgan fingerprint density at radius 1 is 1.64 bits per heavy atom. The molecular weight excluding hydrogens is 244 g/mol. The molecule has 0 unspecified atom stereocenters. The van der Waals surface area contributed by atoms with Gasteiger partial charge in [-0.3, -0.25) is 4.79 Å². The van der Waals surface area contributed by atoms with Crippen molar-refractivity contribution in [1.82, 2.24) is 10.3 Å². The maximum absolute atomic E-state index is 11.6. The van der Waals surface area contributed by atoms with Gasteiger partial charge in [-0.1, -0.05) is 0 Å². The molecule has 0 atom stereocenters. The van der Waals surface area contributed by atoms with Gasteiger partial charge in [0.1, 0.15) is 5.69 Å². The van der Waals surface area contributed by atoms with Crippen molar-refractivity contribution in [1.29, 1.82) is 0 Å². The molecule has 1 aromatic rings. The molecule has 1 aromatic heterocycles. The molecule has 3 nitrogen and oxygen atoms in total. The fourth-order valence-corrected chi connectivity index (χ4v) is 1.71. The largest absolute Gasteiger partial charge is 0.348 e. The van der Waals surface area contributed by atoms with Crippen LogP contribution < -0.4 is 5.32 Å². The van der Waals surface area contributed by atoms with E-state index < -0.39 is 0 Å². The van der Waals surface area contributed by atoms with Gasteiger partial charge in [0.05, 0.1) is 0 Å². The van der Waals surface area contributed by atoms with Gasteiger partial charge in [0.15, 0.2) is 0 Å². The summed E-state index contributed by atoms with van der Waals surface area (Å²) in [6.07, 6.45) is 3.84. The van der Waals surface area contributed by atoms with E-state index >= 15 is 0 Å². The van der Waals surface area contributed by atoms with Crippen LogP contribution in [0, 0.1) is 6.92 Å².